The second-order valence-corrected chi connectivity index (χ2v) is 3.89. The third kappa shape index (κ3) is 4.03. The minimum Gasteiger partial charge on any atom is -0.392 e. The van der Waals surface area contributed by atoms with Gasteiger partial charge in [0.1, 0.15) is 11.6 Å². The van der Waals surface area contributed by atoms with E-state index < -0.39 is 23.7 Å². The average molecular weight is 245 g/mol. The predicted molar refractivity (Wildman–Crippen MR) is 60.7 cm³/mol. The smallest absolute Gasteiger partial charge is 0.126 e. The fourth-order valence-corrected chi connectivity index (χ4v) is 1.74. The van der Waals surface area contributed by atoms with Gasteiger partial charge in [0.2, 0.25) is 0 Å². The summed E-state index contributed by atoms with van der Waals surface area (Å²) < 4.78 is 30.9. The molecule has 0 radical (unpaired) electrons. The average Bonchev–Trinajstić information content (AvgIpc) is 2.26. The maximum atomic E-state index is 13.1. The van der Waals surface area contributed by atoms with Gasteiger partial charge in [-0.1, -0.05) is 0 Å². The summed E-state index contributed by atoms with van der Waals surface area (Å²) in [5, 5.41) is 9.87. The van der Waals surface area contributed by atoms with Crippen molar-refractivity contribution in [1.82, 2.24) is 0 Å². The van der Waals surface area contributed by atoms with Crippen molar-refractivity contribution < 1.29 is 18.6 Å². The van der Waals surface area contributed by atoms with Crippen molar-refractivity contribution >= 4 is 0 Å². The fraction of sp³-hybridized carbons (Fsp3) is 0.500. The van der Waals surface area contributed by atoms with Crippen molar-refractivity contribution in [3.63, 3.8) is 0 Å². The Morgan fingerprint density at radius 3 is 2.35 bits per heavy atom. The van der Waals surface area contributed by atoms with E-state index >= 15 is 0 Å². The van der Waals surface area contributed by atoms with Gasteiger partial charge in [0, 0.05) is 32.2 Å². The summed E-state index contributed by atoms with van der Waals surface area (Å²) in [6.07, 6.45) is -0.405. The van der Waals surface area contributed by atoms with Crippen LogP contribution >= 0.6 is 0 Å². The van der Waals surface area contributed by atoms with Crippen LogP contribution in [0.3, 0.4) is 0 Å². The van der Waals surface area contributed by atoms with Crippen LogP contribution in [0.15, 0.2) is 18.2 Å². The first-order chi connectivity index (χ1) is 8.08. The summed E-state index contributed by atoms with van der Waals surface area (Å²) in [5.41, 5.74) is 5.90. The van der Waals surface area contributed by atoms with Crippen LogP contribution in [0.5, 0.6) is 0 Å². The Kier molecular flexibility index (Phi) is 5.47. The molecule has 0 saturated carbocycles. The maximum absolute atomic E-state index is 13.1. The second kappa shape index (κ2) is 6.64. The lowest BCUT2D eigenvalue weighted by molar-refractivity contribution is 0.0919. The first-order valence-corrected chi connectivity index (χ1v) is 5.41. The van der Waals surface area contributed by atoms with E-state index in [0.29, 0.717) is 18.6 Å². The number of ether oxygens (including phenoxy) is 1. The van der Waals surface area contributed by atoms with Crippen LogP contribution < -0.4 is 5.73 Å². The summed E-state index contributed by atoms with van der Waals surface area (Å²) in [5.74, 6) is -1.83. The molecule has 1 rings (SSSR count). The Morgan fingerprint density at radius 2 is 1.88 bits per heavy atom. The molecule has 2 atom stereocenters. The quantitative estimate of drug-likeness (QED) is 0.796. The number of halogens is 2. The summed E-state index contributed by atoms with van der Waals surface area (Å²) in [6.45, 7) is 0.489. The Morgan fingerprint density at radius 1 is 1.29 bits per heavy atom. The van der Waals surface area contributed by atoms with Crippen LogP contribution in [0, 0.1) is 11.6 Å². The highest BCUT2D eigenvalue weighted by atomic mass is 19.1. The molecule has 96 valence electrons. The topological polar surface area (TPSA) is 55.5 Å². The molecule has 0 spiro atoms. The molecule has 17 heavy (non-hydrogen) atoms. The molecule has 0 aliphatic rings. The molecule has 1 aromatic rings. The minimum absolute atomic E-state index is 0.119. The number of hydrogen-bond acceptors (Lipinski definition) is 3. The lowest BCUT2D eigenvalue weighted by Gasteiger charge is -2.21. The van der Waals surface area contributed by atoms with Crippen LogP contribution in [0.1, 0.15) is 17.9 Å². The molecule has 2 unspecified atom stereocenters. The zero-order valence-electron chi connectivity index (χ0n) is 9.70. The summed E-state index contributed by atoms with van der Waals surface area (Å²) >= 11 is 0. The van der Waals surface area contributed by atoms with Gasteiger partial charge < -0.3 is 15.6 Å². The maximum Gasteiger partial charge on any atom is 0.126 e. The normalized spacial score (nSPS) is 14.6. The standard InChI is InChI=1S/C12H17F2NO2/c1-17-3-2-12(16)11(7-15)8-4-9(13)6-10(14)5-8/h4-6,11-12,16H,2-3,7,15H2,1H3. The minimum atomic E-state index is -0.777. The van der Waals surface area contributed by atoms with Crippen molar-refractivity contribution in [2.75, 3.05) is 20.3 Å². The molecule has 0 saturated heterocycles. The van der Waals surface area contributed by atoms with E-state index in [-0.39, 0.29) is 6.54 Å². The van der Waals surface area contributed by atoms with Crippen LogP contribution in [0.2, 0.25) is 0 Å². The Balaban J connectivity index is 2.84. The van der Waals surface area contributed by atoms with Crippen LogP contribution in [-0.4, -0.2) is 31.5 Å². The molecule has 0 aliphatic carbocycles. The van der Waals surface area contributed by atoms with Gasteiger partial charge in [-0.25, -0.2) is 8.78 Å². The Hall–Kier alpha value is -1.04. The molecule has 0 heterocycles. The van der Waals surface area contributed by atoms with E-state index in [9.17, 15) is 13.9 Å². The lowest BCUT2D eigenvalue weighted by atomic mass is 9.91. The number of methoxy groups -OCH3 is 1. The molecule has 0 aromatic heterocycles. The molecule has 0 fully saturated rings. The number of aliphatic hydroxyl groups is 1. The first-order valence-electron chi connectivity index (χ1n) is 5.41. The number of benzene rings is 1. The van der Waals surface area contributed by atoms with Crippen LogP contribution in [0.4, 0.5) is 8.78 Å². The predicted octanol–water partition coefficient (Wildman–Crippen LogP) is 1.40. The summed E-state index contributed by atoms with van der Waals surface area (Å²) in [7, 11) is 1.52. The fourth-order valence-electron chi connectivity index (χ4n) is 1.74. The van der Waals surface area contributed by atoms with E-state index in [1.165, 1.54) is 19.2 Å². The lowest BCUT2D eigenvalue weighted by Crippen LogP contribution is -2.27. The summed E-state index contributed by atoms with van der Waals surface area (Å²) in [6, 6.07) is 3.17. The molecular formula is C12H17F2NO2. The molecule has 1 aromatic carbocycles. The molecule has 5 heteroatoms. The second-order valence-electron chi connectivity index (χ2n) is 3.89. The number of rotatable bonds is 6. The Bertz CT molecular complexity index is 340. The van der Waals surface area contributed by atoms with Crippen molar-refractivity contribution in [2.45, 2.75) is 18.4 Å². The molecule has 0 bridgehead atoms. The summed E-state index contributed by atoms with van der Waals surface area (Å²) in [4.78, 5) is 0. The number of aliphatic hydroxyl groups excluding tert-OH is 1. The van der Waals surface area contributed by atoms with Crippen molar-refractivity contribution in [3.05, 3.63) is 35.4 Å². The third-order valence-corrected chi connectivity index (χ3v) is 2.65. The highest BCUT2D eigenvalue weighted by Gasteiger charge is 2.20. The molecule has 0 aliphatic heterocycles. The van der Waals surface area contributed by atoms with E-state index in [2.05, 4.69) is 0 Å². The number of nitrogens with two attached hydrogens (primary N) is 1. The van der Waals surface area contributed by atoms with Gasteiger partial charge in [0.05, 0.1) is 6.10 Å². The SMILES string of the molecule is COCCC(O)C(CN)c1cc(F)cc(F)c1. The molecular weight excluding hydrogens is 228 g/mol. The van der Waals surface area contributed by atoms with Crippen LogP contribution in [-0.2, 0) is 4.74 Å². The van der Waals surface area contributed by atoms with Gasteiger partial charge in [-0.3, -0.25) is 0 Å². The van der Waals surface area contributed by atoms with Crippen molar-refractivity contribution in [2.24, 2.45) is 5.73 Å². The molecule has 3 N–H and O–H groups in total. The van der Waals surface area contributed by atoms with Crippen LogP contribution in [0.25, 0.3) is 0 Å². The molecule has 3 nitrogen and oxygen atoms in total. The first kappa shape index (κ1) is 14.0. The van der Waals surface area contributed by atoms with E-state index in [0.717, 1.165) is 6.07 Å². The van der Waals surface area contributed by atoms with E-state index in [4.69, 9.17) is 10.5 Å². The monoisotopic (exact) mass is 245 g/mol. The van der Waals surface area contributed by atoms with Gasteiger partial charge in [-0.05, 0) is 24.1 Å². The highest BCUT2D eigenvalue weighted by molar-refractivity contribution is 5.23. The van der Waals surface area contributed by atoms with E-state index in [1.807, 2.05) is 0 Å². The highest BCUT2D eigenvalue weighted by Crippen LogP contribution is 2.22. The van der Waals surface area contributed by atoms with E-state index in [1.54, 1.807) is 0 Å². The van der Waals surface area contributed by atoms with Gasteiger partial charge in [0.25, 0.3) is 0 Å². The third-order valence-electron chi connectivity index (χ3n) is 2.65. The number of hydrogen-bond donors (Lipinski definition) is 2. The van der Waals surface area contributed by atoms with Gasteiger partial charge in [0.15, 0.2) is 0 Å². The van der Waals surface area contributed by atoms with Gasteiger partial charge >= 0.3 is 0 Å². The van der Waals surface area contributed by atoms with Crippen molar-refractivity contribution in [3.8, 4) is 0 Å². The molecule has 0 amide bonds. The van der Waals surface area contributed by atoms with Crippen molar-refractivity contribution in [1.29, 1.82) is 0 Å². The Labute approximate surface area is 99.2 Å². The largest absolute Gasteiger partial charge is 0.392 e. The zero-order chi connectivity index (χ0) is 12.8. The van der Waals surface area contributed by atoms with Gasteiger partial charge in [-0.15, -0.1) is 0 Å². The van der Waals surface area contributed by atoms with Gasteiger partial charge in [-0.2, -0.15) is 0 Å². The zero-order valence-corrected chi connectivity index (χ0v) is 9.70.